The van der Waals surface area contributed by atoms with Crippen LogP contribution in [0.2, 0.25) is 0 Å². The third-order valence-electron chi connectivity index (χ3n) is 6.11. The lowest BCUT2D eigenvalue weighted by atomic mass is 10.1. The Labute approximate surface area is 183 Å². The zero-order chi connectivity index (χ0) is 21.4. The van der Waals surface area contributed by atoms with Crippen molar-refractivity contribution in [1.82, 2.24) is 15.0 Å². The van der Waals surface area contributed by atoms with E-state index in [1.54, 1.807) is 0 Å². The first-order valence-corrected chi connectivity index (χ1v) is 11.0. The molecular weight excluding hydrogens is 390 g/mol. The zero-order valence-electron chi connectivity index (χ0n) is 18.4. The molecule has 1 aromatic carbocycles. The van der Waals surface area contributed by atoms with Crippen molar-refractivity contribution in [3.05, 3.63) is 42.0 Å². The van der Waals surface area contributed by atoms with Crippen LogP contribution in [0.25, 0.3) is 22.3 Å². The number of pyridine rings is 1. The second-order valence-corrected chi connectivity index (χ2v) is 8.52. The van der Waals surface area contributed by atoms with Gasteiger partial charge in [0.25, 0.3) is 0 Å². The number of nitrogens with zero attached hydrogens (tertiary/aromatic N) is 5. The van der Waals surface area contributed by atoms with Gasteiger partial charge in [-0.25, -0.2) is 4.98 Å². The summed E-state index contributed by atoms with van der Waals surface area (Å²) in [5, 5.41) is 0.981. The Hall–Kier alpha value is -2.77. The molecule has 2 saturated heterocycles. The Morgan fingerprint density at radius 3 is 2.32 bits per heavy atom. The van der Waals surface area contributed by atoms with E-state index in [2.05, 4.69) is 67.0 Å². The molecule has 2 aromatic heterocycles. The molecular formula is C24H29N5O2. The van der Waals surface area contributed by atoms with E-state index in [1.807, 2.05) is 0 Å². The molecule has 0 spiro atoms. The van der Waals surface area contributed by atoms with Gasteiger partial charge in [-0.3, -0.25) is 0 Å². The number of fused-ring (bicyclic) bond motifs is 1. The Morgan fingerprint density at radius 2 is 1.61 bits per heavy atom. The van der Waals surface area contributed by atoms with Gasteiger partial charge in [0.15, 0.2) is 5.65 Å². The molecule has 162 valence electrons. The van der Waals surface area contributed by atoms with Crippen LogP contribution in [0, 0.1) is 6.92 Å². The van der Waals surface area contributed by atoms with E-state index in [-0.39, 0.29) is 12.1 Å². The van der Waals surface area contributed by atoms with Gasteiger partial charge in [0.05, 0.1) is 49.6 Å². The van der Waals surface area contributed by atoms with Gasteiger partial charge in [0, 0.05) is 18.7 Å². The van der Waals surface area contributed by atoms with Crippen molar-refractivity contribution in [3.8, 4) is 11.3 Å². The molecule has 0 amide bonds. The average Bonchev–Trinajstić information content (AvgIpc) is 2.79. The van der Waals surface area contributed by atoms with Crippen LogP contribution in [-0.2, 0) is 9.47 Å². The molecule has 4 heterocycles. The molecule has 0 N–H and O–H groups in total. The van der Waals surface area contributed by atoms with Gasteiger partial charge in [-0.1, -0.05) is 23.8 Å². The third-order valence-corrected chi connectivity index (χ3v) is 6.11. The van der Waals surface area contributed by atoms with Crippen LogP contribution in [-0.4, -0.2) is 66.6 Å². The van der Waals surface area contributed by atoms with Gasteiger partial charge in [0.2, 0.25) is 5.95 Å². The van der Waals surface area contributed by atoms with Gasteiger partial charge >= 0.3 is 0 Å². The van der Waals surface area contributed by atoms with Gasteiger partial charge < -0.3 is 19.3 Å². The number of anilines is 2. The summed E-state index contributed by atoms with van der Waals surface area (Å²) in [6.45, 7) is 10.8. The number of hydrogen-bond acceptors (Lipinski definition) is 7. The van der Waals surface area contributed by atoms with Crippen molar-refractivity contribution in [3.63, 3.8) is 0 Å². The topological polar surface area (TPSA) is 63.6 Å². The van der Waals surface area contributed by atoms with Crippen LogP contribution in [0.4, 0.5) is 11.8 Å². The van der Waals surface area contributed by atoms with E-state index in [4.69, 9.17) is 24.4 Å². The first-order chi connectivity index (χ1) is 15.1. The number of morpholine rings is 2. The second-order valence-electron chi connectivity index (χ2n) is 8.52. The Bertz CT molecular complexity index is 1090. The fourth-order valence-electron chi connectivity index (χ4n) is 4.36. The molecule has 2 atom stereocenters. The molecule has 0 radical (unpaired) electrons. The fraction of sp³-hybridized carbons (Fsp3) is 0.458. The molecule has 2 fully saturated rings. The largest absolute Gasteiger partial charge is 0.377 e. The molecule has 2 aliphatic rings. The Kier molecular flexibility index (Phi) is 5.46. The molecule has 0 saturated carbocycles. The number of benzene rings is 1. The predicted molar refractivity (Wildman–Crippen MR) is 123 cm³/mol. The molecule has 7 heteroatoms. The highest BCUT2D eigenvalue weighted by Gasteiger charge is 2.27. The number of rotatable bonds is 3. The molecule has 3 aromatic rings. The summed E-state index contributed by atoms with van der Waals surface area (Å²) in [4.78, 5) is 19.5. The summed E-state index contributed by atoms with van der Waals surface area (Å²) < 4.78 is 11.3. The second kappa shape index (κ2) is 8.40. The lowest BCUT2D eigenvalue weighted by molar-refractivity contribution is 0.0973. The minimum absolute atomic E-state index is 0.223. The van der Waals surface area contributed by atoms with Crippen LogP contribution < -0.4 is 9.80 Å². The molecule has 2 aliphatic heterocycles. The summed E-state index contributed by atoms with van der Waals surface area (Å²) >= 11 is 0. The molecule has 0 aliphatic carbocycles. The lowest BCUT2D eigenvalue weighted by Crippen LogP contribution is -2.46. The van der Waals surface area contributed by atoms with Gasteiger partial charge in [-0.2, -0.15) is 9.97 Å². The van der Waals surface area contributed by atoms with E-state index >= 15 is 0 Å². The summed E-state index contributed by atoms with van der Waals surface area (Å²) in [5.74, 6) is 1.67. The highest BCUT2D eigenvalue weighted by Crippen LogP contribution is 2.31. The molecule has 2 unspecified atom stereocenters. The number of hydrogen-bond donors (Lipinski definition) is 0. The smallest absolute Gasteiger partial charge is 0.229 e. The van der Waals surface area contributed by atoms with Gasteiger partial charge in [-0.05, 0) is 39.0 Å². The Morgan fingerprint density at radius 1 is 0.871 bits per heavy atom. The number of aryl methyl sites for hydroxylation is 1. The Balaban J connectivity index is 1.66. The van der Waals surface area contributed by atoms with Crippen LogP contribution in [0.3, 0.4) is 0 Å². The van der Waals surface area contributed by atoms with Crippen molar-refractivity contribution < 1.29 is 9.47 Å². The van der Waals surface area contributed by atoms with Crippen LogP contribution in [0.1, 0.15) is 19.4 Å². The highest BCUT2D eigenvalue weighted by atomic mass is 16.5. The quantitative estimate of drug-likeness (QED) is 0.644. The van der Waals surface area contributed by atoms with Crippen molar-refractivity contribution in [2.45, 2.75) is 32.9 Å². The molecule has 31 heavy (non-hydrogen) atoms. The van der Waals surface area contributed by atoms with E-state index in [9.17, 15) is 0 Å². The van der Waals surface area contributed by atoms with E-state index < -0.39 is 0 Å². The standard InChI is InChI=1S/C24H29N5O2/c1-16-5-4-6-19(13-16)21-8-7-20-22(25-21)26-24(29-10-12-31-15-18(29)3)27-23(20)28-9-11-30-14-17(28)2/h4-8,13,17-18H,9-12,14-15H2,1-3H3. The first kappa shape index (κ1) is 20.2. The zero-order valence-corrected chi connectivity index (χ0v) is 18.4. The summed E-state index contributed by atoms with van der Waals surface area (Å²) in [5.41, 5.74) is 3.98. The van der Waals surface area contributed by atoms with Gasteiger partial charge in [0.1, 0.15) is 5.82 Å². The maximum Gasteiger partial charge on any atom is 0.229 e. The molecule has 7 nitrogen and oxygen atoms in total. The predicted octanol–water partition coefficient (Wildman–Crippen LogP) is 3.45. The minimum Gasteiger partial charge on any atom is -0.377 e. The van der Waals surface area contributed by atoms with Crippen molar-refractivity contribution >= 4 is 22.8 Å². The fourth-order valence-corrected chi connectivity index (χ4v) is 4.36. The third kappa shape index (κ3) is 3.95. The monoisotopic (exact) mass is 419 g/mol. The molecule has 0 bridgehead atoms. The van der Waals surface area contributed by atoms with Crippen molar-refractivity contribution in [2.75, 3.05) is 49.3 Å². The summed E-state index contributed by atoms with van der Waals surface area (Å²) in [7, 11) is 0. The van der Waals surface area contributed by atoms with Crippen LogP contribution >= 0.6 is 0 Å². The maximum atomic E-state index is 5.67. The number of aromatic nitrogens is 3. The van der Waals surface area contributed by atoms with Crippen LogP contribution in [0.15, 0.2) is 36.4 Å². The summed E-state index contributed by atoms with van der Waals surface area (Å²) in [6.07, 6.45) is 0. The minimum atomic E-state index is 0.223. The lowest BCUT2D eigenvalue weighted by Gasteiger charge is -2.37. The maximum absolute atomic E-state index is 5.67. The van der Waals surface area contributed by atoms with Crippen LogP contribution in [0.5, 0.6) is 0 Å². The van der Waals surface area contributed by atoms with E-state index in [0.717, 1.165) is 47.1 Å². The van der Waals surface area contributed by atoms with Gasteiger partial charge in [-0.15, -0.1) is 0 Å². The normalized spacial score (nSPS) is 22.2. The molecule has 5 rings (SSSR count). The average molecular weight is 420 g/mol. The van der Waals surface area contributed by atoms with Crippen molar-refractivity contribution in [2.24, 2.45) is 0 Å². The highest BCUT2D eigenvalue weighted by molar-refractivity contribution is 5.90. The van der Waals surface area contributed by atoms with E-state index in [0.29, 0.717) is 26.4 Å². The number of ether oxygens (including phenoxy) is 2. The van der Waals surface area contributed by atoms with E-state index in [1.165, 1.54) is 5.56 Å². The summed E-state index contributed by atoms with van der Waals surface area (Å²) in [6, 6.07) is 13.1. The SMILES string of the molecule is Cc1cccc(-c2ccc3c(N4CCOCC4C)nc(N4CCOCC4C)nc3n2)c1. The van der Waals surface area contributed by atoms with Crippen molar-refractivity contribution in [1.29, 1.82) is 0 Å². The first-order valence-electron chi connectivity index (χ1n) is 11.0.